The minimum Gasteiger partial charge on any atom is -0.456 e. The molecule has 0 saturated carbocycles. The molecule has 99 valence electrons. The largest absolute Gasteiger partial charge is 0.456 e. The zero-order chi connectivity index (χ0) is 14.1. The molecule has 4 nitrogen and oxygen atoms in total. The Hall–Kier alpha value is -2.62. The van der Waals surface area contributed by atoms with Crippen LogP contribution in [0.5, 0.6) is 0 Å². The highest BCUT2D eigenvalue weighted by atomic mass is 16.6. The molecular formula is C16H12NO3. The van der Waals surface area contributed by atoms with Crippen LogP contribution in [0.4, 0.5) is 5.69 Å². The van der Waals surface area contributed by atoms with Gasteiger partial charge in [-0.15, -0.1) is 0 Å². The molecule has 1 heterocycles. The molecule has 2 aromatic carbocycles. The summed E-state index contributed by atoms with van der Waals surface area (Å²) in [6.07, 6.45) is 2.01. The van der Waals surface area contributed by atoms with Crippen LogP contribution in [0.2, 0.25) is 0 Å². The lowest BCUT2D eigenvalue weighted by molar-refractivity contribution is -0.384. The molecule has 1 aromatic heterocycles. The molecule has 20 heavy (non-hydrogen) atoms. The quantitative estimate of drug-likeness (QED) is 0.515. The lowest BCUT2D eigenvalue weighted by Crippen LogP contribution is -1.86. The molecule has 0 N–H and O–H groups in total. The van der Waals surface area contributed by atoms with E-state index in [0.717, 1.165) is 22.1 Å². The Morgan fingerprint density at radius 2 is 1.85 bits per heavy atom. The topological polar surface area (TPSA) is 56.3 Å². The molecule has 0 aliphatic rings. The van der Waals surface area contributed by atoms with Crippen molar-refractivity contribution in [3.8, 4) is 11.3 Å². The van der Waals surface area contributed by atoms with Gasteiger partial charge in [0, 0.05) is 23.1 Å². The summed E-state index contributed by atoms with van der Waals surface area (Å²) < 4.78 is 5.81. The molecule has 0 unspecified atom stereocenters. The number of non-ortho nitro benzene ring substituents is 1. The van der Waals surface area contributed by atoms with Crippen molar-refractivity contribution in [2.45, 2.75) is 6.92 Å². The van der Waals surface area contributed by atoms with E-state index in [2.05, 4.69) is 0 Å². The Morgan fingerprint density at radius 1 is 1.10 bits per heavy atom. The maximum atomic E-state index is 10.6. The van der Waals surface area contributed by atoms with E-state index >= 15 is 0 Å². The first-order chi connectivity index (χ1) is 9.67. The van der Waals surface area contributed by atoms with Crippen LogP contribution < -0.4 is 0 Å². The minimum absolute atomic E-state index is 0.0766. The van der Waals surface area contributed by atoms with Gasteiger partial charge in [-0.05, 0) is 36.2 Å². The Kier molecular flexibility index (Phi) is 2.99. The van der Waals surface area contributed by atoms with E-state index in [1.54, 1.807) is 12.1 Å². The molecule has 0 atom stereocenters. The molecule has 0 bridgehead atoms. The average Bonchev–Trinajstić information content (AvgIpc) is 2.90. The van der Waals surface area contributed by atoms with E-state index in [9.17, 15) is 10.1 Å². The zero-order valence-electron chi connectivity index (χ0n) is 10.9. The number of hydrogen-bond donors (Lipinski definition) is 0. The monoisotopic (exact) mass is 266 g/mol. The highest BCUT2D eigenvalue weighted by Crippen LogP contribution is 2.29. The van der Waals surface area contributed by atoms with E-state index < -0.39 is 4.92 Å². The molecule has 4 heteroatoms. The number of nitro benzene ring substituents is 1. The van der Waals surface area contributed by atoms with Crippen LogP contribution >= 0.6 is 0 Å². The fourth-order valence-electron chi connectivity index (χ4n) is 2.12. The Labute approximate surface area is 115 Å². The van der Waals surface area contributed by atoms with Gasteiger partial charge in [-0.3, -0.25) is 10.1 Å². The standard InChI is InChI=1S/C16H12NO3/c1-2-11-3-4-13-10-16(20-15(13)9-11)12-5-7-14(8-6-12)17(18)19/h2-10H,1H3. The van der Waals surface area contributed by atoms with Gasteiger partial charge in [-0.2, -0.15) is 0 Å². The zero-order valence-corrected chi connectivity index (χ0v) is 10.9. The number of benzene rings is 2. The van der Waals surface area contributed by atoms with Crippen molar-refractivity contribution in [1.82, 2.24) is 0 Å². The van der Waals surface area contributed by atoms with Crippen LogP contribution in [-0.4, -0.2) is 4.92 Å². The molecule has 1 radical (unpaired) electrons. The first-order valence-corrected chi connectivity index (χ1v) is 6.25. The summed E-state index contributed by atoms with van der Waals surface area (Å²) in [6.45, 7) is 1.97. The minimum atomic E-state index is -0.411. The van der Waals surface area contributed by atoms with Crippen LogP contribution in [0.25, 0.3) is 22.3 Å². The predicted molar refractivity (Wildman–Crippen MR) is 77.4 cm³/mol. The summed E-state index contributed by atoms with van der Waals surface area (Å²) in [5.74, 6) is 0.711. The molecule has 3 rings (SSSR count). The Morgan fingerprint density at radius 3 is 2.50 bits per heavy atom. The van der Waals surface area contributed by atoms with Crippen molar-refractivity contribution in [1.29, 1.82) is 0 Å². The van der Waals surface area contributed by atoms with E-state index in [4.69, 9.17) is 4.42 Å². The molecule has 0 amide bonds. The molecule has 0 aliphatic heterocycles. The highest BCUT2D eigenvalue weighted by molar-refractivity contribution is 5.83. The Bertz CT molecular complexity index is 772. The normalized spacial score (nSPS) is 10.8. The number of hydrogen-bond acceptors (Lipinski definition) is 3. The second-order valence-electron chi connectivity index (χ2n) is 4.50. The third-order valence-electron chi connectivity index (χ3n) is 3.24. The fourth-order valence-corrected chi connectivity index (χ4v) is 2.12. The molecule has 0 fully saturated rings. The summed E-state index contributed by atoms with van der Waals surface area (Å²) >= 11 is 0. The molecular weight excluding hydrogens is 254 g/mol. The van der Waals surface area contributed by atoms with E-state index in [0.29, 0.717) is 5.76 Å². The van der Waals surface area contributed by atoms with Crippen molar-refractivity contribution in [2.24, 2.45) is 0 Å². The third-order valence-corrected chi connectivity index (χ3v) is 3.24. The second-order valence-corrected chi connectivity index (χ2v) is 4.50. The number of nitro groups is 1. The number of fused-ring (bicyclic) bond motifs is 1. The van der Waals surface area contributed by atoms with Gasteiger partial charge in [0.25, 0.3) is 5.69 Å². The maximum Gasteiger partial charge on any atom is 0.269 e. The fraction of sp³-hybridized carbons (Fsp3) is 0.0625. The van der Waals surface area contributed by atoms with E-state index in [1.807, 2.05) is 37.6 Å². The van der Waals surface area contributed by atoms with Crippen molar-refractivity contribution in [3.63, 3.8) is 0 Å². The van der Waals surface area contributed by atoms with E-state index in [1.165, 1.54) is 12.1 Å². The van der Waals surface area contributed by atoms with Crippen LogP contribution in [-0.2, 0) is 0 Å². The second kappa shape index (κ2) is 4.81. The number of nitrogens with zero attached hydrogens (tertiary/aromatic N) is 1. The predicted octanol–water partition coefficient (Wildman–Crippen LogP) is 4.58. The van der Waals surface area contributed by atoms with Crippen LogP contribution in [0, 0.1) is 16.5 Å². The van der Waals surface area contributed by atoms with Gasteiger partial charge in [0.1, 0.15) is 11.3 Å². The molecule has 0 spiro atoms. The van der Waals surface area contributed by atoms with Crippen molar-refractivity contribution in [3.05, 3.63) is 70.6 Å². The van der Waals surface area contributed by atoms with Gasteiger partial charge in [-0.1, -0.05) is 19.1 Å². The summed E-state index contributed by atoms with van der Waals surface area (Å²) in [4.78, 5) is 10.2. The van der Waals surface area contributed by atoms with Gasteiger partial charge < -0.3 is 4.42 Å². The Balaban J connectivity index is 2.03. The molecule has 3 aromatic rings. The van der Waals surface area contributed by atoms with Gasteiger partial charge in [-0.25, -0.2) is 0 Å². The van der Waals surface area contributed by atoms with Crippen molar-refractivity contribution in [2.75, 3.05) is 0 Å². The van der Waals surface area contributed by atoms with Gasteiger partial charge in [0.2, 0.25) is 0 Å². The first kappa shape index (κ1) is 12.4. The molecule has 0 aliphatic carbocycles. The summed E-state index contributed by atoms with van der Waals surface area (Å²) in [7, 11) is 0. The van der Waals surface area contributed by atoms with Crippen molar-refractivity contribution >= 4 is 16.7 Å². The first-order valence-electron chi connectivity index (χ1n) is 6.25. The SMILES string of the molecule is C[CH]c1ccc2cc(-c3ccc([N+](=O)[O-])cc3)oc2c1. The number of rotatable bonds is 3. The van der Waals surface area contributed by atoms with Crippen LogP contribution in [0.15, 0.2) is 52.9 Å². The maximum absolute atomic E-state index is 10.6. The average molecular weight is 266 g/mol. The smallest absolute Gasteiger partial charge is 0.269 e. The number of furan rings is 1. The summed E-state index contributed by atoms with van der Waals surface area (Å²) in [5, 5.41) is 11.7. The van der Waals surface area contributed by atoms with Crippen LogP contribution in [0.3, 0.4) is 0 Å². The highest BCUT2D eigenvalue weighted by Gasteiger charge is 2.09. The lowest BCUT2D eigenvalue weighted by Gasteiger charge is -1.96. The van der Waals surface area contributed by atoms with Gasteiger partial charge >= 0.3 is 0 Å². The molecule has 0 saturated heterocycles. The summed E-state index contributed by atoms with van der Waals surface area (Å²) in [6, 6.07) is 14.3. The van der Waals surface area contributed by atoms with E-state index in [-0.39, 0.29) is 5.69 Å². The van der Waals surface area contributed by atoms with Gasteiger partial charge in [0.15, 0.2) is 0 Å². The summed E-state index contributed by atoms with van der Waals surface area (Å²) in [5.41, 5.74) is 2.82. The third kappa shape index (κ3) is 2.16. The van der Waals surface area contributed by atoms with Gasteiger partial charge in [0.05, 0.1) is 4.92 Å². The van der Waals surface area contributed by atoms with Crippen molar-refractivity contribution < 1.29 is 9.34 Å². The lowest BCUT2D eigenvalue weighted by atomic mass is 10.1. The van der Waals surface area contributed by atoms with Crippen LogP contribution in [0.1, 0.15) is 12.5 Å².